The van der Waals surface area contributed by atoms with Gasteiger partial charge in [0.1, 0.15) is 11.9 Å². The highest BCUT2D eigenvalue weighted by Crippen LogP contribution is 2.41. The molecule has 142 valence electrons. The standard InChI is InChI=1S/C23H21FN2O2/c1-15(2)6-7-16-8-10-17(11-9-16)22-20(13-25)26(21(22)14-27)23(28)18-4-3-5-19(24)12-18/h3-5,8-12,15,20-22,27H,14H2,1-2H3/t20-,21-,22+/m1/s1. The summed E-state index contributed by atoms with van der Waals surface area (Å²) in [5.74, 6) is 5.17. The molecule has 3 atom stereocenters. The third kappa shape index (κ3) is 3.76. The molecule has 1 aliphatic rings. The van der Waals surface area contributed by atoms with Crippen LogP contribution in [0.2, 0.25) is 0 Å². The molecule has 0 saturated carbocycles. The van der Waals surface area contributed by atoms with Crippen molar-refractivity contribution in [3.8, 4) is 17.9 Å². The van der Waals surface area contributed by atoms with Crippen molar-refractivity contribution in [3.05, 3.63) is 71.0 Å². The van der Waals surface area contributed by atoms with E-state index in [4.69, 9.17) is 0 Å². The summed E-state index contributed by atoms with van der Waals surface area (Å²) in [5.41, 5.74) is 1.90. The molecule has 1 N–H and O–H groups in total. The zero-order chi connectivity index (χ0) is 20.3. The van der Waals surface area contributed by atoms with E-state index in [9.17, 15) is 19.6 Å². The molecule has 0 radical (unpaired) electrons. The summed E-state index contributed by atoms with van der Waals surface area (Å²) in [6.45, 7) is 3.76. The number of aliphatic hydroxyl groups excluding tert-OH is 1. The Balaban J connectivity index is 1.85. The lowest BCUT2D eigenvalue weighted by Crippen LogP contribution is -2.65. The van der Waals surface area contributed by atoms with Crippen LogP contribution < -0.4 is 0 Å². The molecule has 5 heteroatoms. The summed E-state index contributed by atoms with van der Waals surface area (Å²) in [4.78, 5) is 14.1. The fourth-order valence-electron chi connectivity index (χ4n) is 3.47. The fraction of sp³-hybridized carbons (Fsp3) is 0.304. The average Bonchev–Trinajstić information content (AvgIpc) is 2.67. The van der Waals surface area contributed by atoms with Crippen molar-refractivity contribution in [2.24, 2.45) is 5.92 Å². The number of carbonyl (C=O) groups excluding carboxylic acids is 1. The minimum absolute atomic E-state index is 0.163. The van der Waals surface area contributed by atoms with E-state index < -0.39 is 23.8 Å². The van der Waals surface area contributed by atoms with E-state index in [0.29, 0.717) is 0 Å². The van der Waals surface area contributed by atoms with Crippen molar-refractivity contribution < 1.29 is 14.3 Å². The van der Waals surface area contributed by atoms with Crippen molar-refractivity contribution in [1.29, 1.82) is 5.26 Å². The second kappa shape index (κ2) is 8.25. The third-order valence-electron chi connectivity index (χ3n) is 4.84. The molecule has 1 saturated heterocycles. The third-order valence-corrected chi connectivity index (χ3v) is 4.84. The lowest BCUT2D eigenvalue weighted by Gasteiger charge is -2.51. The Hall–Kier alpha value is -3.15. The monoisotopic (exact) mass is 376 g/mol. The van der Waals surface area contributed by atoms with E-state index >= 15 is 0 Å². The van der Waals surface area contributed by atoms with Crippen LogP contribution in [-0.4, -0.2) is 34.6 Å². The van der Waals surface area contributed by atoms with Crippen molar-refractivity contribution in [3.63, 3.8) is 0 Å². The molecule has 28 heavy (non-hydrogen) atoms. The van der Waals surface area contributed by atoms with E-state index in [2.05, 4.69) is 17.9 Å². The summed E-state index contributed by atoms with van der Waals surface area (Å²) in [5, 5.41) is 19.5. The van der Waals surface area contributed by atoms with Gasteiger partial charge < -0.3 is 10.0 Å². The number of benzene rings is 2. The second-order valence-corrected chi connectivity index (χ2v) is 7.12. The van der Waals surface area contributed by atoms with E-state index in [1.165, 1.54) is 23.1 Å². The van der Waals surface area contributed by atoms with Gasteiger partial charge in [0.25, 0.3) is 5.91 Å². The predicted octanol–water partition coefficient (Wildman–Crippen LogP) is 3.33. The van der Waals surface area contributed by atoms with Crippen LogP contribution in [0.3, 0.4) is 0 Å². The second-order valence-electron chi connectivity index (χ2n) is 7.12. The van der Waals surface area contributed by atoms with Crippen LogP contribution in [0.15, 0.2) is 48.5 Å². The lowest BCUT2D eigenvalue weighted by molar-refractivity contribution is -0.00588. The van der Waals surface area contributed by atoms with Crippen molar-refractivity contribution in [1.82, 2.24) is 4.90 Å². The number of rotatable bonds is 3. The molecule has 0 bridgehead atoms. The molecule has 1 aliphatic heterocycles. The van der Waals surface area contributed by atoms with Crippen LogP contribution in [0.5, 0.6) is 0 Å². The van der Waals surface area contributed by atoms with E-state index in [0.717, 1.165) is 17.2 Å². The van der Waals surface area contributed by atoms with Gasteiger partial charge in [-0.05, 0) is 35.9 Å². The number of hydrogen-bond donors (Lipinski definition) is 1. The highest BCUT2D eigenvalue weighted by Gasteiger charge is 2.51. The van der Waals surface area contributed by atoms with Gasteiger partial charge in [-0.1, -0.05) is 43.9 Å². The Morgan fingerprint density at radius 3 is 2.54 bits per heavy atom. The minimum atomic E-state index is -0.722. The molecule has 0 unspecified atom stereocenters. The predicted molar refractivity (Wildman–Crippen MR) is 104 cm³/mol. The van der Waals surface area contributed by atoms with Gasteiger partial charge in [0.15, 0.2) is 0 Å². The van der Waals surface area contributed by atoms with E-state index in [1.807, 2.05) is 38.1 Å². The summed E-state index contributed by atoms with van der Waals surface area (Å²) < 4.78 is 13.5. The zero-order valence-electron chi connectivity index (χ0n) is 15.8. The molecule has 4 nitrogen and oxygen atoms in total. The highest BCUT2D eigenvalue weighted by atomic mass is 19.1. The van der Waals surface area contributed by atoms with E-state index in [-0.39, 0.29) is 24.0 Å². The maximum Gasteiger partial charge on any atom is 0.255 e. The number of nitriles is 1. The molecule has 1 amide bonds. The summed E-state index contributed by atoms with van der Waals surface area (Å²) in [6.07, 6.45) is 0. The first-order valence-electron chi connectivity index (χ1n) is 9.16. The smallest absolute Gasteiger partial charge is 0.255 e. The molecule has 0 aromatic heterocycles. The van der Waals surface area contributed by atoms with Crippen LogP contribution in [0.1, 0.15) is 41.3 Å². The summed E-state index contributed by atoms with van der Waals surface area (Å²) in [7, 11) is 0. The first kappa shape index (κ1) is 19.6. The van der Waals surface area contributed by atoms with Crippen LogP contribution in [0.4, 0.5) is 4.39 Å². The van der Waals surface area contributed by atoms with Gasteiger partial charge in [-0.2, -0.15) is 5.26 Å². The zero-order valence-corrected chi connectivity index (χ0v) is 15.8. The number of hydrogen-bond acceptors (Lipinski definition) is 3. The number of likely N-dealkylation sites (tertiary alicyclic amines) is 1. The quantitative estimate of drug-likeness (QED) is 0.836. The van der Waals surface area contributed by atoms with Gasteiger partial charge in [-0.3, -0.25) is 4.79 Å². The average molecular weight is 376 g/mol. The number of amides is 1. The highest BCUT2D eigenvalue weighted by molar-refractivity contribution is 5.95. The van der Waals surface area contributed by atoms with Crippen molar-refractivity contribution in [2.45, 2.75) is 31.8 Å². The number of aliphatic hydroxyl groups is 1. The molecule has 2 aromatic carbocycles. The van der Waals surface area contributed by atoms with Crippen molar-refractivity contribution >= 4 is 5.91 Å². The van der Waals surface area contributed by atoms with Gasteiger partial charge >= 0.3 is 0 Å². The number of carbonyl (C=O) groups is 1. The molecular weight excluding hydrogens is 355 g/mol. The first-order valence-corrected chi connectivity index (χ1v) is 9.16. The Kier molecular flexibility index (Phi) is 5.78. The van der Waals surface area contributed by atoms with Gasteiger partial charge in [0, 0.05) is 23.0 Å². The van der Waals surface area contributed by atoms with E-state index in [1.54, 1.807) is 0 Å². The molecular formula is C23H21FN2O2. The van der Waals surface area contributed by atoms with Crippen molar-refractivity contribution in [2.75, 3.05) is 6.61 Å². The lowest BCUT2D eigenvalue weighted by atomic mass is 9.75. The Morgan fingerprint density at radius 1 is 1.25 bits per heavy atom. The van der Waals surface area contributed by atoms with Crippen LogP contribution >= 0.6 is 0 Å². The van der Waals surface area contributed by atoms with Crippen LogP contribution in [0, 0.1) is 34.9 Å². The summed E-state index contributed by atoms with van der Waals surface area (Å²) in [6, 6.07) is 13.8. The largest absolute Gasteiger partial charge is 0.394 e. The number of halogens is 1. The fourth-order valence-corrected chi connectivity index (χ4v) is 3.47. The molecule has 1 fully saturated rings. The first-order chi connectivity index (χ1) is 13.5. The van der Waals surface area contributed by atoms with Gasteiger partial charge in [-0.15, -0.1) is 0 Å². The number of nitrogens with zero attached hydrogens (tertiary/aromatic N) is 2. The summed E-state index contributed by atoms with van der Waals surface area (Å²) >= 11 is 0. The molecule has 0 spiro atoms. The maximum absolute atomic E-state index is 13.5. The normalized spacial score (nSPS) is 20.7. The SMILES string of the molecule is CC(C)C#Cc1ccc([C@H]2[C@@H](C#N)N(C(=O)c3cccc(F)c3)[C@@H]2CO)cc1. The molecule has 2 aromatic rings. The molecule has 3 rings (SSSR count). The topological polar surface area (TPSA) is 64.3 Å². The van der Waals surface area contributed by atoms with Gasteiger partial charge in [-0.25, -0.2) is 4.39 Å². The molecule has 1 heterocycles. The van der Waals surface area contributed by atoms with Gasteiger partial charge in [0.05, 0.1) is 18.7 Å². The minimum Gasteiger partial charge on any atom is -0.394 e. The van der Waals surface area contributed by atoms with Crippen LogP contribution in [-0.2, 0) is 0 Å². The van der Waals surface area contributed by atoms with Crippen LogP contribution in [0.25, 0.3) is 0 Å². The molecule has 0 aliphatic carbocycles. The maximum atomic E-state index is 13.5. The Bertz CT molecular complexity index is 967. The Morgan fingerprint density at radius 2 is 1.96 bits per heavy atom. The Labute approximate surface area is 164 Å². The van der Waals surface area contributed by atoms with Gasteiger partial charge in [0.2, 0.25) is 0 Å².